The van der Waals surface area contributed by atoms with Crippen molar-refractivity contribution in [2.24, 2.45) is 0 Å². The van der Waals surface area contributed by atoms with Gasteiger partial charge in [0.15, 0.2) is 0 Å². The lowest BCUT2D eigenvalue weighted by Crippen LogP contribution is -2.27. The Morgan fingerprint density at radius 3 is 1.95 bits per heavy atom. The van der Waals surface area contributed by atoms with Gasteiger partial charge in [-0.05, 0) is 23.7 Å². The third-order valence-electron chi connectivity index (χ3n) is 1.34. The Bertz CT molecular complexity index is 502. The first-order valence-corrected chi connectivity index (χ1v) is 6.72. The number of rotatable bonds is 3. The van der Waals surface area contributed by atoms with E-state index in [0.29, 0.717) is 0 Å². The van der Waals surface area contributed by atoms with E-state index in [0.717, 1.165) is 12.1 Å². The average molecular weight is 339 g/mol. The fourth-order valence-corrected chi connectivity index (χ4v) is 1.11. The second kappa shape index (κ2) is 7.56. The molecule has 0 unspecified atom stereocenters. The van der Waals surface area contributed by atoms with Crippen molar-refractivity contribution in [1.82, 2.24) is 0 Å². The van der Waals surface area contributed by atoms with Crippen LogP contribution in [0.25, 0.3) is 0 Å². The standard InChI is InChI=1S/C7H5F3O3S.C2H2Cl2O/c8-7(9,10)14(11,12)13-6-4-2-1-3-5-6;3-1-2(4)5/h1-5H;1H2. The molecule has 0 saturated heterocycles. The first-order chi connectivity index (χ1) is 8.60. The molecule has 1 aromatic rings. The van der Waals surface area contributed by atoms with E-state index in [-0.39, 0.29) is 11.6 Å². The summed E-state index contributed by atoms with van der Waals surface area (Å²) in [5.41, 5.74) is -5.40. The van der Waals surface area contributed by atoms with E-state index >= 15 is 0 Å². The summed E-state index contributed by atoms with van der Waals surface area (Å²) in [6, 6.07) is 6.47. The summed E-state index contributed by atoms with van der Waals surface area (Å²) in [7, 11) is -5.55. The zero-order chi connectivity index (χ0) is 15.1. The van der Waals surface area contributed by atoms with Gasteiger partial charge in [-0.3, -0.25) is 4.79 Å². The van der Waals surface area contributed by atoms with Crippen molar-refractivity contribution in [3.8, 4) is 5.75 Å². The lowest BCUT2D eigenvalue weighted by Gasteiger charge is -2.08. The monoisotopic (exact) mass is 338 g/mol. The van der Waals surface area contributed by atoms with Crippen molar-refractivity contribution >= 4 is 38.6 Å². The summed E-state index contributed by atoms with van der Waals surface area (Å²) in [4.78, 5) is 9.45. The number of halogens is 5. The van der Waals surface area contributed by atoms with E-state index in [1.807, 2.05) is 0 Å². The van der Waals surface area contributed by atoms with Gasteiger partial charge >= 0.3 is 15.6 Å². The van der Waals surface area contributed by atoms with Gasteiger partial charge in [-0.25, -0.2) is 0 Å². The number of hydrogen-bond donors (Lipinski definition) is 0. The normalized spacial score (nSPS) is 11.2. The molecule has 0 aromatic heterocycles. The maximum absolute atomic E-state index is 11.8. The molecule has 19 heavy (non-hydrogen) atoms. The summed E-state index contributed by atoms with van der Waals surface area (Å²) in [6.45, 7) is 0. The van der Waals surface area contributed by atoms with Crippen LogP contribution < -0.4 is 4.18 Å². The second-order valence-electron chi connectivity index (χ2n) is 2.79. The molecule has 0 aliphatic rings. The van der Waals surface area contributed by atoms with Gasteiger partial charge in [0.05, 0.1) is 5.88 Å². The molecule has 0 radical (unpaired) electrons. The fraction of sp³-hybridized carbons (Fsp3) is 0.222. The van der Waals surface area contributed by atoms with Gasteiger partial charge in [-0.15, -0.1) is 11.6 Å². The highest BCUT2D eigenvalue weighted by molar-refractivity contribution is 7.87. The number of alkyl halides is 4. The first-order valence-electron chi connectivity index (χ1n) is 4.40. The molecule has 0 spiro atoms. The van der Waals surface area contributed by atoms with Crippen LogP contribution >= 0.6 is 23.2 Å². The first kappa shape index (κ1) is 18.0. The van der Waals surface area contributed by atoms with Crippen LogP contribution in [-0.4, -0.2) is 25.0 Å². The van der Waals surface area contributed by atoms with Gasteiger partial charge in [0.1, 0.15) is 5.75 Å². The van der Waals surface area contributed by atoms with Crippen molar-refractivity contribution in [2.75, 3.05) is 5.88 Å². The molecule has 0 saturated carbocycles. The van der Waals surface area contributed by atoms with Crippen molar-refractivity contribution in [1.29, 1.82) is 0 Å². The number of para-hydroxylation sites is 1. The highest BCUT2D eigenvalue weighted by atomic mass is 35.5. The van der Waals surface area contributed by atoms with Crippen LogP contribution in [0.2, 0.25) is 0 Å². The molecule has 1 aromatic carbocycles. The predicted octanol–water partition coefficient (Wildman–Crippen LogP) is 2.91. The molecule has 0 heterocycles. The van der Waals surface area contributed by atoms with Crippen LogP contribution in [0, 0.1) is 0 Å². The minimum absolute atomic E-state index is 0.0957. The SMILES string of the molecule is O=C(Cl)CCl.O=S(=O)(Oc1ccccc1)C(F)(F)F. The summed E-state index contributed by atoms with van der Waals surface area (Å²) in [6.07, 6.45) is 0. The smallest absolute Gasteiger partial charge is 0.376 e. The third-order valence-corrected chi connectivity index (χ3v) is 2.83. The molecule has 0 aliphatic carbocycles. The number of benzene rings is 1. The van der Waals surface area contributed by atoms with E-state index in [1.54, 1.807) is 0 Å². The molecule has 0 atom stereocenters. The molecule has 0 bridgehead atoms. The zero-order valence-corrected chi connectivity index (χ0v) is 11.4. The van der Waals surface area contributed by atoms with Gasteiger partial charge in [0.25, 0.3) is 0 Å². The van der Waals surface area contributed by atoms with Crippen LogP contribution in [0.4, 0.5) is 13.2 Å². The van der Waals surface area contributed by atoms with Crippen LogP contribution in [0.15, 0.2) is 30.3 Å². The van der Waals surface area contributed by atoms with Crippen LogP contribution in [-0.2, 0) is 14.9 Å². The van der Waals surface area contributed by atoms with Gasteiger partial charge in [0, 0.05) is 0 Å². The van der Waals surface area contributed by atoms with Gasteiger partial charge < -0.3 is 4.18 Å². The zero-order valence-electron chi connectivity index (χ0n) is 9.02. The minimum Gasteiger partial charge on any atom is -0.376 e. The number of carbonyl (C=O) groups excluding carboxylic acids is 1. The summed E-state index contributed by atoms with van der Waals surface area (Å²) in [5.74, 6) is -0.466. The van der Waals surface area contributed by atoms with Crippen molar-refractivity contribution < 1.29 is 30.6 Å². The Kier molecular flexibility index (Phi) is 7.17. The highest BCUT2D eigenvalue weighted by Crippen LogP contribution is 2.26. The fourth-order valence-electron chi connectivity index (χ4n) is 0.650. The largest absolute Gasteiger partial charge is 0.534 e. The molecule has 108 valence electrons. The summed E-state index contributed by atoms with van der Waals surface area (Å²) in [5, 5.41) is -0.508. The Labute approximate surface area is 117 Å². The van der Waals surface area contributed by atoms with Gasteiger partial charge in [-0.2, -0.15) is 21.6 Å². The Balaban J connectivity index is 0.000000555. The molecule has 0 N–H and O–H groups in total. The highest BCUT2D eigenvalue weighted by Gasteiger charge is 2.48. The van der Waals surface area contributed by atoms with Crippen molar-refractivity contribution in [3.63, 3.8) is 0 Å². The predicted molar refractivity (Wildman–Crippen MR) is 63.6 cm³/mol. The van der Waals surface area contributed by atoms with Gasteiger partial charge in [-0.1, -0.05) is 18.2 Å². The molecule has 0 aliphatic heterocycles. The minimum atomic E-state index is -5.55. The molecule has 0 amide bonds. The van der Waals surface area contributed by atoms with E-state index in [1.165, 1.54) is 18.2 Å². The Morgan fingerprint density at radius 1 is 1.21 bits per heavy atom. The van der Waals surface area contributed by atoms with Crippen LogP contribution in [0.3, 0.4) is 0 Å². The third kappa shape index (κ3) is 7.24. The maximum Gasteiger partial charge on any atom is 0.534 e. The van der Waals surface area contributed by atoms with Crippen molar-refractivity contribution in [2.45, 2.75) is 5.51 Å². The molecule has 10 heteroatoms. The number of hydrogen-bond acceptors (Lipinski definition) is 4. The Hall–Kier alpha value is -0.990. The lowest BCUT2D eigenvalue weighted by molar-refractivity contribution is -0.109. The van der Waals surface area contributed by atoms with Crippen molar-refractivity contribution in [3.05, 3.63) is 30.3 Å². The lowest BCUT2D eigenvalue weighted by atomic mass is 10.3. The van der Waals surface area contributed by atoms with Gasteiger partial charge in [0.2, 0.25) is 5.24 Å². The average Bonchev–Trinajstić information content (AvgIpc) is 2.29. The Morgan fingerprint density at radius 2 is 1.63 bits per heavy atom. The quantitative estimate of drug-likeness (QED) is 0.368. The van der Waals surface area contributed by atoms with Crippen LogP contribution in [0.1, 0.15) is 0 Å². The molecular weight excluding hydrogens is 332 g/mol. The summed E-state index contributed by atoms with van der Waals surface area (Å²) >= 11 is 9.55. The van der Waals surface area contributed by atoms with Crippen LogP contribution in [0.5, 0.6) is 5.75 Å². The van der Waals surface area contributed by atoms with E-state index < -0.39 is 20.9 Å². The molecular formula is C9H7Cl2F3O4S. The maximum atomic E-state index is 11.8. The number of carbonyl (C=O) groups is 1. The molecule has 0 fully saturated rings. The molecule has 1 rings (SSSR count). The van der Waals surface area contributed by atoms with E-state index in [4.69, 9.17) is 23.2 Å². The van der Waals surface area contributed by atoms with E-state index in [2.05, 4.69) is 4.18 Å². The second-order valence-corrected chi connectivity index (χ2v) is 5.01. The topological polar surface area (TPSA) is 60.4 Å². The molecule has 4 nitrogen and oxygen atoms in total. The van der Waals surface area contributed by atoms with E-state index in [9.17, 15) is 26.4 Å². The summed E-state index contributed by atoms with van der Waals surface area (Å²) < 4.78 is 60.2.